The zero-order chi connectivity index (χ0) is 23.0. The third kappa shape index (κ3) is 6.96. The highest BCUT2D eigenvalue weighted by Gasteiger charge is 2.21. The number of anilines is 1. The third-order valence-corrected chi connectivity index (χ3v) is 6.70. The highest BCUT2D eigenvalue weighted by molar-refractivity contribution is 7.22. The minimum atomic E-state index is -0.138. The van der Waals surface area contributed by atoms with Crippen molar-refractivity contribution in [2.75, 3.05) is 57.5 Å². The molecule has 0 aliphatic carbocycles. The summed E-state index contributed by atoms with van der Waals surface area (Å²) in [6.45, 7) is 7.28. The lowest BCUT2D eigenvalue weighted by molar-refractivity contribution is -0.120. The Morgan fingerprint density at radius 2 is 1.85 bits per heavy atom. The first kappa shape index (κ1) is 26.5. The summed E-state index contributed by atoms with van der Waals surface area (Å²) in [6, 6.07) is 12.9. The molecule has 1 saturated heterocycles. The van der Waals surface area contributed by atoms with Crippen LogP contribution >= 0.6 is 35.3 Å². The topological polar surface area (TPSA) is 64.1 Å². The smallest absolute Gasteiger partial charge is 0.266 e. The molecule has 0 radical (unpaired) electrons. The number of nitrogens with zero attached hydrogens (tertiary/aromatic N) is 3. The van der Waals surface area contributed by atoms with E-state index in [0.29, 0.717) is 29.1 Å². The number of ether oxygens (including phenoxy) is 3. The van der Waals surface area contributed by atoms with Crippen LogP contribution in [0.1, 0.15) is 13.3 Å². The van der Waals surface area contributed by atoms with E-state index in [-0.39, 0.29) is 24.9 Å². The monoisotopic (exact) mass is 525 g/mol. The number of fused-ring (bicyclic) bond motifs is 1. The predicted octanol–water partition coefficient (Wildman–Crippen LogP) is 4.90. The number of rotatable bonds is 10. The number of carbonyl (C=O) groups is 1. The van der Waals surface area contributed by atoms with Crippen LogP contribution in [0, 0.1) is 0 Å². The number of thiazole rings is 1. The molecule has 4 rings (SSSR count). The molecule has 34 heavy (non-hydrogen) atoms. The zero-order valence-corrected chi connectivity index (χ0v) is 21.5. The minimum absolute atomic E-state index is 0. The first-order chi connectivity index (χ1) is 16.1. The number of hydrogen-bond acceptors (Lipinski definition) is 7. The lowest BCUT2D eigenvalue weighted by Crippen LogP contribution is -2.40. The Bertz CT molecular complexity index is 1060. The number of amides is 1. The molecule has 1 fully saturated rings. The third-order valence-electron chi connectivity index (χ3n) is 5.35. The lowest BCUT2D eigenvalue weighted by atomic mass is 10.3. The second kappa shape index (κ2) is 13.1. The second-order valence-electron chi connectivity index (χ2n) is 7.63. The van der Waals surface area contributed by atoms with Crippen molar-refractivity contribution >= 4 is 56.6 Å². The van der Waals surface area contributed by atoms with Gasteiger partial charge in [-0.05, 0) is 49.7 Å². The van der Waals surface area contributed by atoms with Crippen LogP contribution in [0.25, 0.3) is 10.2 Å². The number of morpholine rings is 1. The summed E-state index contributed by atoms with van der Waals surface area (Å²) in [7, 11) is 0. The molecule has 0 spiro atoms. The first-order valence-corrected chi connectivity index (χ1v) is 12.3. The van der Waals surface area contributed by atoms with Gasteiger partial charge >= 0.3 is 0 Å². The van der Waals surface area contributed by atoms with Gasteiger partial charge in [-0.1, -0.05) is 29.0 Å². The highest BCUT2D eigenvalue weighted by atomic mass is 35.5. The van der Waals surface area contributed by atoms with Crippen molar-refractivity contribution in [1.29, 1.82) is 0 Å². The van der Waals surface area contributed by atoms with Crippen molar-refractivity contribution in [2.24, 2.45) is 0 Å². The van der Waals surface area contributed by atoms with E-state index in [1.54, 1.807) is 17.0 Å². The Hall–Kier alpha value is -2.10. The van der Waals surface area contributed by atoms with Crippen molar-refractivity contribution in [2.45, 2.75) is 13.3 Å². The maximum absolute atomic E-state index is 13.2. The van der Waals surface area contributed by atoms with E-state index in [1.807, 2.05) is 37.3 Å². The molecule has 7 nitrogen and oxygen atoms in total. The van der Waals surface area contributed by atoms with Crippen LogP contribution in [-0.4, -0.2) is 68.4 Å². The Morgan fingerprint density at radius 3 is 2.53 bits per heavy atom. The van der Waals surface area contributed by atoms with E-state index < -0.39 is 0 Å². The largest absolute Gasteiger partial charge is 0.494 e. The van der Waals surface area contributed by atoms with Crippen LogP contribution in [0.4, 0.5) is 5.13 Å². The summed E-state index contributed by atoms with van der Waals surface area (Å²) >= 11 is 7.79. The molecule has 0 atom stereocenters. The molecule has 2 aromatic carbocycles. The Morgan fingerprint density at radius 1 is 1.15 bits per heavy atom. The van der Waals surface area contributed by atoms with Gasteiger partial charge in [-0.25, -0.2) is 4.98 Å². The quantitative estimate of drug-likeness (QED) is 0.375. The summed E-state index contributed by atoms with van der Waals surface area (Å²) in [6.07, 6.45) is 0.832. The number of aromatic nitrogens is 1. The van der Waals surface area contributed by atoms with E-state index in [1.165, 1.54) is 11.3 Å². The zero-order valence-electron chi connectivity index (χ0n) is 19.1. The highest BCUT2D eigenvalue weighted by Crippen LogP contribution is 2.33. The molecule has 1 aromatic heterocycles. The van der Waals surface area contributed by atoms with Gasteiger partial charge in [0, 0.05) is 26.2 Å². The number of benzene rings is 2. The van der Waals surface area contributed by atoms with Crippen molar-refractivity contribution in [3.8, 4) is 11.5 Å². The Kier molecular flexibility index (Phi) is 10.2. The molecule has 1 aliphatic rings. The fraction of sp³-hybridized carbons (Fsp3) is 0.417. The molecule has 2 heterocycles. The van der Waals surface area contributed by atoms with Gasteiger partial charge < -0.3 is 14.2 Å². The lowest BCUT2D eigenvalue weighted by Gasteiger charge is -2.27. The van der Waals surface area contributed by atoms with E-state index in [4.69, 9.17) is 25.8 Å². The van der Waals surface area contributed by atoms with Crippen LogP contribution in [0.5, 0.6) is 11.5 Å². The number of halogens is 2. The Labute approximate surface area is 215 Å². The van der Waals surface area contributed by atoms with Crippen molar-refractivity contribution in [3.05, 3.63) is 47.5 Å². The van der Waals surface area contributed by atoms with Gasteiger partial charge in [-0.3, -0.25) is 14.6 Å². The van der Waals surface area contributed by atoms with E-state index in [2.05, 4.69) is 9.88 Å². The molecule has 1 amide bonds. The maximum atomic E-state index is 13.2. The number of carbonyl (C=O) groups excluding carboxylic acids is 1. The van der Waals surface area contributed by atoms with E-state index in [9.17, 15) is 4.79 Å². The van der Waals surface area contributed by atoms with Gasteiger partial charge in [-0.2, -0.15) is 0 Å². The minimum Gasteiger partial charge on any atom is -0.494 e. The predicted molar refractivity (Wildman–Crippen MR) is 139 cm³/mol. The number of hydrogen-bond donors (Lipinski definition) is 0. The van der Waals surface area contributed by atoms with Gasteiger partial charge in [-0.15, -0.1) is 12.4 Å². The Balaban J connectivity index is 0.00000324. The fourth-order valence-electron chi connectivity index (χ4n) is 3.64. The van der Waals surface area contributed by atoms with Gasteiger partial charge in [0.15, 0.2) is 11.7 Å². The average molecular weight is 526 g/mol. The van der Waals surface area contributed by atoms with E-state index >= 15 is 0 Å². The molecule has 10 heteroatoms. The van der Waals surface area contributed by atoms with E-state index in [0.717, 1.165) is 55.2 Å². The summed E-state index contributed by atoms with van der Waals surface area (Å²) in [5, 5.41) is 1.22. The molecule has 0 N–H and O–H groups in total. The average Bonchev–Trinajstić information content (AvgIpc) is 3.27. The summed E-state index contributed by atoms with van der Waals surface area (Å²) in [5.74, 6) is 1.25. The van der Waals surface area contributed by atoms with Crippen LogP contribution < -0.4 is 14.4 Å². The SMILES string of the molecule is CCOc1ccc(OCC(=O)N(CCCN2CCOCC2)c2nc3c(Cl)cccc3s2)cc1.Cl. The molecule has 3 aromatic rings. The first-order valence-electron chi connectivity index (χ1n) is 11.1. The van der Waals surface area contributed by atoms with Crippen molar-refractivity contribution in [1.82, 2.24) is 9.88 Å². The van der Waals surface area contributed by atoms with Crippen LogP contribution in [0.15, 0.2) is 42.5 Å². The van der Waals surface area contributed by atoms with Gasteiger partial charge in [0.05, 0.1) is 29.5 Å². The summed E-state index contributed by atoms with van der Waals surface area (Å²) in [5.41, 5.74) is 0.720. The molecule has 0 bridgehead atoms. The van der Waals surface area contributed by atoms with Gasteiger partial charge in [0.1, 0.15) is 17.0 Å². The molecular formula is C24H29Cl2N3O4S. The van der Waals surface area contributed by atoms with Crippen molar-refractivity contribution < 1.29 is 19.0 Å². The second-order valence-corrected chi connectivity index (χ2v) is 9.05. The van der Waals surface area contributed by atoms with Crippen LogP contribution in [-0.2, 0) is 9.53 Å². The molecular weight excluding hydrogens is 497 g/mol. The van der Waals surface area contributed by atoms with Crippen LogP contribution in [0.3, 0.4) is 0 Å². The maximum Gasteiger partial charge on any atom is 0.266 e. The van der Waals surface area contributed by atoms with Gasteiger partial charge in [0.2, 0.25) is 0 Å². The normalized spacial score (nSPS) is 13.9. The fourth-order valence-corrected chi connectivity index (χ4v) is 4.95. The molecule has 0 unspecified atom stereocenters. The van der Waals surface area contributed by atoms with Crippen LogP contribution in [0.2, 0.25) is 5.02 Å². The van der Waals surface area contributed by atoms with Gasteiger partial charge in [0.25, 0.3) is 5.91 Å². The number of para-hydroxylation sites is 1. The summed E-state index contributed by atoms with van der Waals surface area (Å²) < 4.78 is 17.6. The molecule has 184 valence electrons. The standard InChI is InChI=1S/C24H28ClN3O4S.ClH/c1-2-31-18-7-9-19(10-8-18)32-17-22(29)28(12-4-11-27-13-15-30-16-14-27)24-26-23-20(25)5-3-6-21(23)33-24;/h3,5-10H,2,4,11-17H2,1H3;1H. The summed E-state index contributed by atoms with van der Waals surface area (Å²) in [4.78, 5) is 22.0. The molecule has 0 saturated carbocycles. The molecule has 1 aliphatic heterocycles. The van der Waals surface area contributed by atoms with Crippen molar-refractivity contribution in [3.63, 3.8) is 0 Å².